The van der Waals surface area contributed by atoms with Gasteiger partial charge in [0.15, 0.2) is 0 Å². The zero-order chi connectivity index (χ0) is 109. The van der Waals surface area contributed by atoms with E-state index in [-0.39, 0.29) is 70.6 Å². The van der Waals surface area contributed by atoms with Gasteiger partial charge in [0.2, 0.25) is 0 Å². The van der Waals surface area contributed by atoms with Gasteiger partial charge in [0.05, 0.1) is 61.6 Å². The van der Waals surface area contributed by atoms with Crippen molar-refractivity contribution >= 4 is 0 Å². The van der Waals surface area contributed by atoms with Crippen LogP contribution < -0.4 is 0 Å². The maximum atomic E-state index is 9.46. The molecular formula is C132H88N6. The van der Waals surface area contributed by atoms with Crippen LogP contribution in [0, 0.1) is 0 Å². The van der Waals surface area contributed by atoms with Crippen molar-refractivity contribution in [2.24, 2.45) is 0 Å². The Morgan fingerprint density at radius 3 is 0.507 bits per heavy atom. The fourth-order valence-electron chi connectivity index (χ4n) is 18.6. The average Bonchev–Trinajstić information content (AvgIpc) is 0.746. The van der Waals surface area contributed by atoms with Gasteiger partial charge in [-0.25, -0.2) is 0 Å². The van der Waals surface area contributed by atoms with Crippen molar-refractivity contribution in [3.05, 3.63) is 534 Å². The normalized spacial score (nSPS) is 13.2. The van der Waals surface area contributed by atoms with E-state index in [4.69, 9.17) is 26.4 Å². The standard InChI is InChI=1S/C132H88N6/c1-5-33-89(34-6-1)123-83-95(127-53-25-29-73-133-127)61-67-119(123)115-49-21-17-45-111(115)103-77-101(78-104(81-103)112-46-18-22-50-116(112)120-68-62-96(128-54-26-30-74-134-128)84-124(120)90-35-7-2-8-36-90)109-43-15-13-41-107(109)99-65-71-131(137-87-99)93-57-59-94(60-58-93)132-72-66-100(88-138-132)108-42-14-16-44-110(108)102-79-105(113-47-19-23-51-117(113)121-69-63-97(129-55-27-31-75-135-129)85-125(121)91-37-9-3-10-38-91)82-106(80-102)114-48-20-24-52-118(114)122-70-64-98(130-56-28-32-76-136-130)86-126(122)92-39-11-4-12-40-92/h1-88H/i1D,2D,3D,4D,5D,6D,7D,8D,9D,10D,11D,12D,33D,34D,35D,36D,37D,38D,39D,40D. The van der Waals surface area contributed by atoms with Gasteiger partial charge in [-0.1, -0.05) is 376 Å². The lowest BCUT2D eigenvalue weighted by molar-refractivity contribution is 1.31. The Hall–Kier alpha value is -18.4. The first-order valence-corrected chi connectivity index (χ1v) is 45.1. The van der Waals surface area contributed by atoms with Gasteiger partial charge >= 0.3 is 0 Å². The number of pyridine rings is 6. The molecule has 138 heavy (non-hydrogen) atoms. The molecular weight excluding hydrogens is 1670 g/mol. The summed E-state index contributed by atoms with van der Waals surface area (Å²) in [6.45, 7) is 0. The van der Waals surface area contributed by atoms with E-state index in [1.54, 1.807) is 24.8 Å². The van der Waals surface area contributed by atoms with Crippen LogP contribution in [-0.2, 0) is 0 Å². The highest BCUT2D eigenvalue weighted by Gasteiger charge is 2.25. The third kappa shape index (κ3) is 17.1. The lowest BCUT2D eigenvalue weighted by Gasteiger charge is -2.20. The molecule has 6 heterocycles. The predicted molar refractivity (Wildman–Crippen MR) is 573 cm³/mol. The van der Waals surface area contributed by atoms with Crippen LogP contribution in [0.3, 0.4) is 0 Å². The first kappa shape index (κ1) is 64.5. The largest absolute Gasteiger partial charge is 0.256 e. The molecule has 0 bridgehead atoms. The van der Waals surface area contributed by atoms with Crippen molar-refractivity contribution in [3.63, 3.8) is 0 Å². The molecule has 6 aromatic heterocycles. The maximum Gasteiger partial charge on any atom is 0.0702 e. The summed E-state index contributed by atoms with van der Waals surface area (Å²) in [5.74, 6) is 0. The summed E-state index contributed by atoms with van der Waals surface area (Å²) in [7, 11) is 0. The summed E-state index contributed by atoms with van der Waals surface area (Å²) in [4.78, 5) is 29.1. The van der Waals surface area contributed by atoms with Crippen molar-refractivity contribution < 1.29 is 27.4 Å². The zero-order valence-corrected chi connectivity index (χ0v) is 73.9. The van der Waals surface area contributed by atoms with E-state index in [1.165, 1.54) is 0 Å². The lowest BCUT2D eigenvalue weighted by atomic mass is 9.84. The molecule has 0 radical (unpaired) electrons. The Balaban J connectivity index is 0.618. The van der Waals surface area contributed by atoms with E-state index >= 15 is 0 Å². The molecule has 0 aliphatic heterocycles. The van der Waals surface area contributed by atoms with Gasteiger partial charge in [0, 0.05) is 81.7 Å². The molecule has 0 spiro atoms. The molecule has 0 atom stereocenters. The van der Waals surface area contributed by atoms with E-state index in [0.717, 1.165) is 100 Å². The Kier molecular flexibility index (Phi) is 17.8. The second-order valence-corrected chi connectivity index (χ2v) is 33.2. The van der Waals surface area contributed by atoms with Crippen LogP contribution in [0.15, 0.2) is 534 Å². The Bertz CT molecular complexity index is 8610. The summed E-state index contributed by atoms with van der Waals surface area (Å²) < 4.78 is 182. The maximum absolute atomic E-state index is 9.46. The van der Waals surface area contributed by atoms with Gasteiger partial charge in [0.1, 0.15) is 0 Å². The summed E-state index contributed by atoms with van der Waals surface area (Å²) in [5.41, 5.74) is 27.0. The number of aromatic nitrogens is 6. The van der Waals surface area contributed by atoms with Crippen LogP contribution in [0.4, 0.5) is 0 Å². The molecule has 0 aliphatic rings. The van der Waals surface area contributed by atoms with Crippen molar-refractivity contribution in [3.8, 4) is 246 Å². The van der Waals surface area contributed by atoms with Crippen molar-refractivity contribution in [2.75, 3.05) is 0 Å². The second-order valence-electron chi connectivity index (χ2n) is 33.2. The minimum absolute atomic E-state index is 0.0122. The number of benzene rings is 17. The number of hydrogen-bond acceptors (Lipinski definition) is 6. The molecule has 17 aromatic carbocycles. The molecule has 6 nitrogen and oxygen atoms in total. The SMILES string of the molecule is [2H]c1c([2H])c([2H])c(-c2cc(-c3ccccn3)ccc2-c2ccccc2-c2cc(-c3ccccc3-c3ccc(-c4ccc(-c5ccc(-c6ccccc6-c6cc(-c7ccccc7-c7ccc(-c8ccccn8)cc7-c7c([2H])c([2H])c([2H])c([2H])c7[2H])cc(-c7ccccc7-c7ccc(-c8ccccn8)cc7-c7c([2H])c([2H])c([2H])c([2H])c7[2H])c6)cn5)cc4)nc3)cc(-c3ccccc3-c3ccc(-c4ccccn4)cc3-c3c([2H])c([2H])c([2H])c([2H])c3[2H])c2)c([2H])c1[2H]. The molecule has 0 fully saturated rings. The summed E-state index contributed by atoms with van der Waals surface area (Å²) in [6.07, 6.45) is 10.4. The third-order valence-electron chi connectivity index (χ3n) is 25.1. The lowest BCUT2D eigenvalue weighted by Crippen LogP contribution is -1.94. The summed E-state index contributed by atoms with van der Waals surface area (Å²) in [6, 6.07) is 112. The van der Waals surface area contributed by atoms with Gasteiger partial charge in [-0.3, -0.25) is 29.9 Å². The second kappa shape index (κ2) is 38.1. The van der Waals surface area contributed by atoms with E-state index in [0.29, 0.717) is 123 Å². The monoisotopic (exact) mass is 1780 g/mol. The van der Waals surface area contributed by atoms with E-state index in [2.05, 4.69) is 80.6 Å². The van der Waals surface area contributed by atoms with Gasteiger partial charge in [-0.15, -0.1) is 0 Å². The molecule has 0 N–H and O–H groups in total. The predicted octanol–water partition coefficient (Wildman–Crippen LogP) is 34.7. The fraction of sp³-hybridized carbons (Fsp3) is 0. The summed E-state index contributed by atoms with van der Waals surface area (Å²) in [5, 5.41) is 0. The summed E-state index contributed by atoms with van der Waals surface area (Å²) >= 11 is 0. The van der Waals surface area contributed by atoms with Gasteiger partial charge in [-0.2, -0.15) is 0 Å². The van der Waals surface area contributed by atoms with Gasteiger partial charge < -0.3 is 0 Å². The van der Waals surface area contributed by atoms with E-state index in [9.17, 15) is 11.0 Å². The highest BCUT2D eigenvalue weighted by atomic mass is 14.7. The molecule has 0 saturated heterocycles. The quantitative estimate of drug-likeness (QED) is 0.0673. The first-order chi connectivity index (χ1) is 76.7. The smallest absolute Gasteiger partial charge is 0.0702 e. The van der Waals surface area contributed by atoms with Crippen LogP contribution >= 0.6 is 0 Å². The molecule has 0 unspecified atom stereocenters. The van der Waals surface area contributed by atoms with Crippen molar-refractivity contribution in [2.45, 2.75) is 0 Å². The Labute approximate surface area is 832 Å². The highest BCUT2D eigenvalue weighted by Crippen LogP contribution is 2.51. The molecule has 0 amide bonds. The minimum atomic E-state index is -0.525. The van der Waals surface area contributed by atoms with Crippen LogP contribution in [0.5, 0.6) is 0 Å². The minimum Gasteiger partial charge on any atom is -0.256 e. The molecule has 0 aliphatic carbocycles. The zero-order valence-electron chi connectivity index (χ0n) is 93.9. The van der Waals surface area contributed by atoms with Crippen LogP contribution in [0.25, 0.3) is 246 Å². The molecule has 23 rings (SSSR count). The van der Waals surface area contributed by atoms with E-state index in [1.807, 2.05) is 328 Å². The third-order valence-corrected chi connectivity index (χ3v) is 25.1. The topological polar surface area (TPSA) is 77.3 Å². The van der Waals surface area contributed by atoms with E-state index < -0.39 is 72.5 Å². The van der Waals surface area contributed by atoms with Crippen LogP contribution in [0.1, 0.15) is 27.4 Å². The highest BCUT2D eigenvalue weighted by molar-refractivity contribution is 6.03. The van der Waals surface area contributed by atoms with Crippen molar-refractivity contribution in [1.82, 2.24) is 29.9 Å². The van der Waals surface area contributed by atoms with Crippen LogP contribution in [-0.4, -0.2) is 29.9 Å². The molecule has 6 heteroatoms. The Morgan fingerprint density at radius 2 is 0.297 bits per heavy atom. The molecule has 0 saturated carbocycles. The Morgan fingerprint density at radius 1 is 0.116 bits per heavy atom. The van der Waals surface area contributed by atoms with Gasteiger partial charge in [0.25, 0.3) is 0 Å². The molecule has 23 aromatic rings. The average molecular weight is 1780 g/mol. The number of hydrogen-bond donors (Lipinski definition) is 0. The number of rotatable bonds is 22. The van der Waals surface area contributed by atoms with Crippen LogP contribution in [0.2, 0.25) is 0 Å². The van der Waals surface area contributed by atoms with Gasteiger partial charge in [-0.05, 0) is 288 Å². The fourth-order valence-corrected chi connectivity index (χ4v) is 18.6. The first-order valence-electron chi connectivity index (χ1n) is 55.1. The molecule has 646 valence electrons. The number of nitrogens with zero attached hydrogens (tertiary/aromatic N) is 6. The van der Waals surface area contributed by atoms with Crippen molar-refractivity contribution in [1.29, 1.82) is 0 Å².